The van der Waals surface area contributed by atoms with Crippen molar-refractivity contribution in [3.05, 3.63) is 131 Å². The minimum absolute atomic E-state index is 0.379. The first-order valence-corrected chi connectivity index (χ1v) is 10.6. The molecular formula is C29H26N2. The molecular weight excluding hydrogens is 376 g/mol. The predicted octanol–water partition coefficient (Wildman–Crippen LogP) is 7.38. The van der Waals surface area contributed by atoms with Gasteiger partial charge in [-0.25, -0.2) is 0 Å². The number of benzene rings is 4. The van der Waals surface area contributed by atoms with Gasteiger partial charge in [-0.1, -0.05) is 90.5 Å². The van der Waals surface area contributed by atoms with Crippen molar-refractivity contribution in [2.45, 2.75) is 25.2 Å². The second-order valence-electron chi connectivity index (χ2n) is 7.86. The smallest absolute Gasteiger partial charge is 0.0622 e. The first kappa shape index (κ1) is 20.4. The highest BCUT2D eigenvalue weighted by atomic mass is 14.9. The van der Waals surface area contributed by atoms with E-state index in [1.807, 2.05) is 24.3 Å². The van der Waals surface area contributed by atoms with Crippen LogP contribution < -0.4 is 5.32 Å². The highest BCUT2D eigenvalue weighted by molar-refractivity contribution is 5.61. The molecule has 31 heavy (non-hydrogen) atoms. The van der Waals surface area contributed by atoms with Crippen molar-refractivity contribution in [2.24, 2.45) is 0 Å². The van der Waals surface area contributed by atoms with Crippen molar-refractivity contribution in [1.29, 1.82) is 5.26 Å². The number of rotatable bonds is 7. The van der Waals surface area contributed by atoms with Gasteiger partial charge in [0.2, 0.25) is 0 Å². The van der Waals surface area contributed by atoms with E-state index in [4.69, 9.17) is 0 Å². The molecule has 1 N–H and O–H groups in total. The Labute approximate surface area is 184 Å². The Morgan fingerprint density at radius 1 is 0.645 bits per heavy atom. The first-order chi connectivity index (χ1) is 15.2. The largest absolute Gasteiger partial charge is 0.356 e. The number of para-hydroxylation sites is 1. The molecule has 0 spiro atoms. The van der Waals surface area contributed by atoms with Crippen LogP contribution in [0.1, 0.15) is 35.1 Å². The fraction of sp³-hybridized carbons (Fsp3) is 0.138. The predicted molar refractivity (Wildman–Crippen MR) is 129 cm³/mol. The van der Waals surface area contributed by atoms with Gasteiger partial charge in [-0.2, -0.15) is 5.26 Å². The maximum Gasteiger partial charge on any atom is 0.0622 e. The molecule has 0 saturated carbocycles. The number of anilines is 2. The summed E-state index contributed by atoms with van der Waals surface area (Å²) in [5.41, 5.74) is 6.57. The summed E-state index contributed by atoms with van der Waals surface area (Å²) in [5.74, 6) is 0. The van der Waals surface area contributed by atoms with E-state index in [-0.39, 0.29) is 5.41 Å². The molecule has 0 radical (unpaired) electrons. The standard InChI is InChI=1S/C29H26N2/c1-23-13-15-25(16-14-23)29(21-8-22-30,24-9-4-2-5-10-24)26-17-19-28(20-18-26)31-27-11-6-3-7-12-27/h2-7,9-20,31H,8,21H2,1H3. The van der Waals surface area contributed by atoms with Crippen LogP contribution in [0.3, 0.4) is 0 Å². The third-order valence-electron chi connectivity index (χ3n) is 5.86. The molecule has 0 aliphatic rings. The number of nitriles is 1. The van der Waals surface area contributed by atoms with Crippen LogP contribution in [0.25, 0.3) is 0 Å². The molecule has 4 rings (SSSR count). The minimum atomic E-state index is -0.379. The SMILES string of the molecule is Cc1ccc(C(CCC#N)(c2ccccc2)c2ccc(Nc3ccccc3)cc2)cc1. The Hall–Kier alpha value is -3.83. The molecule has 0 aromatic heterocycles. The maximum absolute atomic E-state index is 9.46. The van der Waals surface area contributed by atoms with Crippen LogP contribution in [0.5, 0.6) is 0 Å². The third kappa shape index (κ3) is 4.37. The average Bonchev–Trinajstić information content (AvgIpc) is 2.83. The average molecular weight is 403 g/mol. The molecule has 1 atom stereocenters. The van der Waals surface area contributed by atoms with E-state index >= 15 is 0 Å². The van der Waals surface area contributed by atoms with Gasteiger partial charge in [0.05, 0.1) is 6.07 Å². The lowest BCUT2D eigenvalue weighted by atomic mass is 9.66. The molecule has 0 aliphatic heterocycles. The fourth-order valence-electron chi connectivity index (χ4n) is 4.26. The van der Waals surface area contributed by atoms with Crippen LogP contribution in [0.4, 0.5) is 11.4 Å². The molecule has 2 heteroatoms. The van der Waals surface area contributed by atoms with E-state index in [1.54, 1.807) is 0 Å². The summed E-state index contributed by atoms with van der Waals surface area (Å²) >= 11 is 0. The van der Waals surface area contributed by atoms with Crippen molar-refractivity contribution in [3.8, 4) is 6.07 Å². The Bertz CT molecular complexity index is 1140. The van der Waals surface area contributed by atoms with Gasteiger partial charge < -0.3 is 5.32 Å². The zero-order chi connectivity index (χ0) is 21.5. The van der Waals surface area contributed by atoms with Crippen LogP contribution in [-0.2, 0) is 5.41 Å². The summed E-state index contributed by atoms with van der Waals surface area (Å²) in [4.78, 5) is 0. The summed E-state index contributed by atoms with van der Waals surface area (Å²) < 4.78 is 0. The first-order valence-electron chi connectivity index (χ1n) is 10.6. The lowest BCUT2D eigenvalue weighted by Crippen LogP contribution is -2.29. The van der Waals surface area contributed by atoms with Crippen molar-refractivity contribution in [1.82, 2.24) is 0 Å². The molecule has 152 valence electrons. The second-order valence-corrected chi connectivity index (χ2v) is 7.86. The molecule has 0 aliphatic carbocycles. The third-order valence-corrected chi connectivity index (χ3v) is 5.86. The number of hydrogen-bond donors (Lipinski definition) is 1. The second kappa shape index (κ2) is 9.32. The van der Waals surface area contributed by atoms with Crippen LogP contribution in [0.2, 0.25) is 0 Å². The number of nitrogens with zero attached hydrogens (tertiary/aromatic N) is 1. The van der Waals surface area contributed by atoms with Gasteiger partial charge in [-0.15, -0.1) is 0 Å². The van der Waals surface area contributed by atoms with Crippen molar-refractivity contribution in [2.75, 3.05) is 5.32 Å². The number of aryl methyl sites for hydroxylation is 1. The molecule has 0 fully saturated rings. The van der Waals surface area contributed by atoms with Crippen LogP contribution in [0, 0.1) is 18.3 Å². The molecule has 0 bridgehead atoms. The van der Waals surface area contributed by atoms with Crippen molar-refractivity contribution in [3.63, 3.8) is 0 Å². The summed E-state index contributed by atoms with van der Waals surface area (Å²) in [6, 6.07) is 40.5. The number of nitrogens with one attached hydrogen (secondary N) is 1. The summed E-state index contributed by atoms with van der Waals surface area (Å²) in [6.07, 6.45) is 1.20. The highest BCUT2D eigenvalue weighted by Crippen LogP contribution is 2.43. The van der Waals surface area contributed by atoms with E-state index in [9.17, 15) is 5.26 Å². The molecule has 0 saturated heterocycles. The monoisotopic (exact) mass is 402 g/mol. The molecule has 4 aromatic carbocycles. The van der Waals surface area contributed by atoms with Crippen molar-refractivity contribution < 1.29 is 0 Å². The molecule has 1 unspecified atom stereocenters. The summed E-state index contributed by atoms with van der Waals surface area (Å²) in [5, 5.41) is 12.9. The Morgan fingerprint density at radius 2 is 1.13 bits per heavy atom. The zero-order valence-corrected chi connectivity index (χ0v) is 17.8. The van der Waals surface area contributed by atoms with Gasteiger partial charge in [0, 0.05) is 23.2 Å². The van der Waals surface area contributed by atoms with Gasteiger partial charge >= 0.3 is 0 Å². The van der Waals surface area contributed by atoms with Crippen LogP contribution in [-0.4, -0.2) is 0 Å². The van der Waals surface area contributed by atoms with E-state index < -0.39 is 0 Å². The molecule has 2 nitrogen and oxygen atoms in total. The highest BCUT2D eigenvalue weighted by Gasteiger charge is 2.35. The van der Waals surface area contributed by atoms with Gasteiger partial charge in [0.15, 0.2) is 0 Å². The van der Waals surface area contributed by atoms with E-state index in [1.165, 1.54) is 22.3 Å². The van der Waals surface area contributed by atoms with Gasteiger partial charge in [-0.3, -0.25) is 0 Å². The minimum Gasteiger partial charge on any atom is -0.356 e. The van der Waals surface area contributed by atoms with E-state index in [0.717, 1.165) is 17.8 Å². The zero-order valence-electron chi connectivity index (χ0n) is 17.8. The lowest BCUT2D eigenvalue weighted by molar-refractivity contribution is 0.569. The Balaban J connectivity index is 1.81. The summed E-state index contributed by atoms with van der Waals surface area (Å²) in [7, 11) is 0. The fourth-order valence-corrected chi connectivity index (χ4v) is 4.26. The molecule has 0 heterocycles. The van der Waals surface area contributed by atoms with Crippen LogP contribution in [0.15, 0.2) is 109 Å². The topological polar surface area (TPSA) is 35.8 Å². The lowest BCUT2D eigenvalue weighted by Gasteiger charge is -2.36. The van der Waals surface area contributed by atoms with E-state index in [0.29, 0.717) is 6.42 Å². The van der Waals surface area contributed by atoms with Crippen LogP contribution >= 0.6 is 0 Å². The van der Waals surface area contributed by atoms with Gasteiger partial charge in [0.25, 0.3) is 0 Å². The molecule has 4 aromatic rings. The Kier molecular flexibility index (Phi) is 6.15. The van der Waals surface area contributed by atoms with Gasteiger partial charge in [-0.05, 0) is 54.3 Å². The molecule has 0 amide bonds. The Morgan fingerprint density at radius 3 is 1.71 bits per heavy atom. The van der Waals surface area contributed by atoms with Gasteiger partial charge in [0.1, 0.15) is 0 Å². The maximum atomic E-state index is 9.46. The number of hydrogen-bond acceptors (Lipinski definition) is 2. The van der Waals surface area contributed by atoms with Crippen molar-refractivity contribution >= 4 is 11.4 Å². The quantitative estimate of drug-likeness (QED) is 0.327. The normalized spacial score (nSPS) is 12.5. The summed E-state index contributed by atoms with van der Waals surface area (Å²) in [6.45, 7) is 2.10. The van der Waals surface area contributed by atoms with E-state index in [2.05, 4.69) is 103 Å².